The number of methoxy groups -OCH3 is 1. The van der Waals surface area contributed by atoms with Crippen molar-refractivity contribution in [2.24, 2.45) is 0 Å². The van der Waals surface area contributed by atoms with Crippen molar-refractivity contribution in [1.82, 2.24) is 0 Å². The lowest BCUT2D eigenvalue weighted by Crippen LogP contribution is -2.46. The lowest BCUT2D eigenvalue weighted by atomic mass is 9.83. The van der Waals surface area contributed by atoms with Crippen LogP contribution in [0.1, 0.15) is 19.8 Å². The first-order valence-electron chi connectivity index (χ1n) is 5.93. The molecule has 0 amide bonds. The fourth-order valence-corrected chi connectivity index (χ4v) is 2.78. The summed E-state index contributed by atoms with van der Waals surface area (Å²) in [7, 11) is 1.24. The van der Waals surface area contributed by atoms with Crippen LogP contribution in [0.15, 0.2) is 21.7 Å². The summed E-state index contributed by atoms with van der Waals surface area (Å²) in [6, 6.07) is 0. The predicted octanol–water partition coefficient (Wildman–Crippen LogP) is 0.774. The maximum absolute atomic E-state index is 12.0. The van der Waals surface area contributed by atoms with Gasteiger partial charge in [-0.2, -0.15) is 0 Å². The Kier molecular flexibility index (Phi) is 3.95. The van der Waals surface area contributed by atoms with Crippen LogP contribution in [-0.4, -0.2) is 41.6 Å². The second kappa shape index (κ2) is 5.23. The quantitative estimate of drug-likeness (QED) is 0.588. The zero-order chi connectivity index (χ0) is 15.1. The van der Waals surface area contributed by atoms with Crippen molar-refractivity contribution < 1.29 is 29.0 Å². The van der Waals surface area contributed by atoms with Crippen molar-refractivity contribution in [3.8, 4) is 0 Å². The molecule has 20 heavy (non-hydrogen) atoms. The molecule has 0 saturated carbocycles. The minimum absolute atomic E-state index is 0.0713. The number of carbonyl (C=O) groups is 3. The average molecular weight is 345 g/mol. The fraction of sp³-hybridized carbons (Fsp3) is 0.462. The van der Waals surface area contributed by atoms with E-state index in [4.69, 9.17) is 4.74 Å². The highest BCUT2D eigenvalue weighted by Gasteiger charge is 2.45. The zero-order valence-corrected chi connectivity index (χ0v) is 12.5. The molecule has 108 valence electrons. The van der Waals surface area contributed by atoms with E-state index in [1.165, 1.54) is 14.0 Å². The number of hydrogen-bond acceptors (Lipinski definition) is 6. The Bertz CT molecular complexity index is 557. The van der Waals surface area contributed by atoms with Gasteiger partial charge < -0.3 is 14.6 Å². The smallest absolute Gasteiger partial charge is 0.308 e. The first kappa shape index (κ1) is 15.1. The summed E-state index contributed by atoms with van der Waals surface area (Å²) in [5, 5.41) is 10.3. The summed E-state index contributed by atoms with van der Waals surface area (Å²) in [6.45, 7) is 1.28. The Morgan fingerprint density at radius 1 is 1.60 bits per heavy atom. The highest BCUT2D eigenvalue weighted by Crippen LogP contribution is 2.39. The van der Waals surface area contributed by atoms with Gasteiger partial charge in [-0.25, -0.2) is 0 Å². The van der Waals surface area contributed by atoms with Gasteiger partial charge in [0.05, 0.1) is 29.7 Å². The lowest BCUT2D eigenvalue weighted by Gasteiger charge is -2.38. The Hall–Kier alpha value is -1.31. The summed E-state index contributed by atoms with van der Waals surface area (Å²) in [6.07, 6.45) is 0.438. The Morgan fingerprint density at radius 2 is 2.25 bits per heavy atom. The third kappa shape index (κ3) is 2.61. The predicted molar refractivity (Wildman–Crippen MR) is 70.8 cm³/mol. The van der Waals surface area contributed by atoms with Crippen molar-refractivity contribution in [3.05, 3.63) is 21.7 Å². The molecular formula is C13H13BrO6. The van der Waals surface area contributed by atoms with Crippen LogP contribution < -0.4 is 0 Å². The molecular weight excluding hydrogens is 332 g/mol. The van der Waals surface area contributed by atoms with Crippen LogP contribution in [0, 0.1) is 0 Å². The van der Waals surface area contributed by atoms with Crippen molar-refractivity contribution in [1.29, 1.82) is 0 Å². The van der Waals surface area contributed by atoms with Gasteiger partial charge in [0.15, 0.2) is 11.6 Å². The first-order valence-corrected chi connectivity index (χ1v) is 6.72. The van der Waals surface area contributed by atoms with E-state index >= 15 is 0 Å². The van der Waals surface area contributed by atoms with Gasteiger partial charge in [0.2, 0.25) is 5.78 Å². The topological polar surface area (TPSA) is 89.9 Å². The minimum Gasteiger partial charge on any atom is -0.469 e. The largest absolute Gasteiger partial charge is 0.469 e. The van der Waals surface area contributed by atoms with Crippen molar-refractivity contribution in [3.63, 3.8) is 0 Å². The fourth-order valence-electron chi connectivity index (χ4n) is 2.38. The van der Waals surface area contributed by atoms with E-state index in [1.807, 2.05) is 0 Å². The molecule has 1 heterocycles. The molecule has 7 heteroatoms. The van der Waals surface area contributed by atoms with Crippen molar-refractivity contribution in [2.75, 3.05) is 7.11 Å². The van der Waals surface area contributed by atoms with Crippen LogP contribution >= 0.6 is 15.9 Å². The maximum Gasteiger partial charge on any atom is 0.308 e. The van der Waals surface area contributed by atoms with Gasteiger partial charge in [-0.3, -0.25) is 14.4 Å². The molecule has 2 aliphatic rings. The Labute approximate surface area is 123 Å². The molecule has 1 aliphatic heterocycles. The van der Waals surface area contributed by atoms with Crippen LogP contribution in [0.5, 0.6) is 0 Å². The molecule has 0 aromatic rings. The third-order valence-electron chi connectivity index (χ3n) is 3.21. The second-order valence-corrected chi connectivity index (χ2v) is 5.60. The van der Waals surface area contributed by atoms with Gasteiger partial charge in [0.25, 0.3) is 0 Å². The van der Waals surface area contributed by atoms with E-state index in [0.717, 1.165) is 6.08 Å². The number of hydrogen-bond donors (Lipinski definition) is 1. The van der Waals surface area contributed by atoms with Gasteiger partial charge in [0.1, 0.15) is 0 Å². The highest BCUT2D eigenvalue weighted by molar-refractivity contribution is 9.12. The summed E-state index contributed by atoms with van der Waals surface area (Å²) in [5.41, 5.74) is 0.112. The molecule has 0 aromatic carbocycles. The minimum atomic E-state index is -1.91. The van der Waals surface area contributed by atoms with Gasteiger partial charge in [0, 0.05) is 18.1 Å². The molecule has 0 radical (unpaired) electrons. The van der Waals surface area contributed by atoms with Gasteiger partial charge in [-0.05, 0) is 22.9 Å². The number of Topliss-reactive ketones (excluding diaryl/α,β-unsaturated/α-hetero) is 1. The summed E-state index contributed by atoms with van der Waals surface area (Å²) >= 11 is 2.99. The van der Waals surface area contributed by atoms with Crippen molar-refractivity contribution >= 4 is 33.5 Å². The number of allylic oxidation sites excluding steroid dienone is 2. The monoisotopic (exact) mass is 344 g/mol. The van der Waals surface area contributed by atoms with E-state index in [0.29, 0.717) is 0 Å². The van der Waals surface area contributed by atoms with E-state index in [9.17, 15) is 19.5 Å². The molecule has 1 aliphatic carbocycles. The summed E-state index contributed by atoms with van der Waals surface area (Å²) in [4.78, 5) is 35.3. The molecule has 0 saturated heterocycles. The second-order valence-electron chi connectivity index (χ2n) is 4.75. The van der Waals surface area contributed by atoms with Gasteiger partial charge in [-0.15, -0.1) is 0 Å². The third-order valence-corrected chi connectivity index (χ3v) is 3.80. The molecule has 1 N–H and O–H groups in total. The Balaban J connectivity index is 2.36. The van der Waals surface area contributed by atoms with Crippen molar-refractivity contribution in [2.45, 2.75) is 31.7 Å². The van der Waals surface area contributed by atoms with E-state index in [-0.39, 0.29) is 34.3 Å². The SMILES string of the molecule is COC(=O)C[C@H]1CC2=C(C(=O)C(Br)=CC2=O)[C@](C)(O)O1. The molecule has 0 fully saturated rings. The van der Waals surface area contributed by atoms with E-state index in [1.54, 1.807) is 0 Å². The van der Waals surface area contributed by atoms with Gasteiger partial charge >= 0.3 is 5.97 Å². The van der Waals surface area contributed by atoms with Crippen LogP contribution in [0.3, 0.4) is 0 Å². The molecule has 0 unspecified atom stereocenters. The molecule has 0 spiro atoms. The number of esters is 1. The average Bonchev–Trinajstić information content (AvgIpc) is 2.34. The highest BCUT2D eigenvalue weighted by atomic mass is 79.9. The van der Waals surface area contributed by atoms with Crippen LogP contribution in [0.25, 0.3) is 0 Å². The molecule has 0 aromatic heterocycles. The normalized spacial score (nSPS) is 30.0. The maximum atomic E-state index is 12.0. The standard InChI is InChI=1S/C13H13BrO6/c1-13(18)11-7(9(15)5-8(14)12(11)17)3-6(20-13)4-10(16)19-2/h5-6,18H,3-4H2,1-2H3/t6-,13-/m1/s1. The van der Waals surface area contributed by atoms with E-state index < -0.39 is 23.6 Å². The van der Waals surface area contributed by atoms with Crippen LogP contribution in [-0.2, 0) is 23.9 Å². The number of ether oxygens (including phenoxy) is 2. The number of halogens is 1. The molecule has 2 rings (SSSR count). The summed E-state index contributed by atoms with van der Waals surface area (Å²) in [5.74, 6) is -3.28. The Morgan fingerprint density at radius 3 is 2.85 bits per heavy atom. The molecule has 0 bridgehead atoms. The number of carbonyl (C=O) groups excluding carboxylic acids is 3. The van der Waals surface area contributed by atoms with Gasteiger partial charge in [-0.1, -0.05) is 0 Å². The number of ketones is 2. The number of aliphatic hydroxyl groups is 1. The summed E-state index contributed by atoms with van der Waals surface area (Å²) < 4.78 is 9.97. The molecule has 6 nitrogen and oxygen atoms in total. The molecule has 2 atom stereocenters. The van der Waals surface area contributed by atoms with E-state index in [2.05, 4.69) is 20.7 Å². The zero-order valence-electron chi connectivity index (χ0n) is 10.9. The van der Waals surface area contributed by atoms with Crippen LogP contribution in [0.4, 0.5) is 0 Å². The number of rotatable bonds is 2. The lowest BCUT2D eigenvalue weighted by molar-refractivity contribution is -0.204. The van der Waals surface area contributed by atoms with Crippen LogP contribution in [0.2, 0.25) is 0 Å². The first-order chi connectivity index (χ1) is 9.26.